The van der Waals surface area contributed by atoms with Crippen molar-refractivity contribution >= 4 is 29.6 Å². The number of allylic oxidation sites excluding steroid dienone is 1. The predicted octanol–water partition coefficient (Wildman–Crippen LogP) is 3.57. The van der Waals surface area contributed by atoms with Gasteiger partial charge < -0.3 is 9.84 Å². The zero-order valence-corrected chi connectivity index (χ0v) is 15.7. The number of amides is 1. The molecule has 0 unspecified atom stereocenters. The van der Waals surface area contributed by atoms with Crippen molar-refractivity contribution < 1.29 is 24.2 Å². The highest BCUT2D eigenvalue weighted by Crippen LogP contribution is 2.35. The number of benzene rings is 2. The molecule has 0 aromatic heterocycles. The first-order valence-corrected chi connectivity index (χ1v) is 8.60. The van der Waals surface area contributed by atoms with E-state index in [1.165, 1.54) is 24.2 Å². The topological polar surface area (TPSA) is 83.9 Å². The van der Waals surface area contributed by atoms with E-state index in [0.29, 0.717) is 16.9 Å². The van der Waals surface area contributed by atoms with E-state index in [1.807, 2.05) is 19.1 Å². The van der Waals surface area contributed by atoms with Crippen LogP contribution in [0.3, 0.4) is 0 Å². The van der Waals surface area contributed by atoms with Crippen molar-refractivity contribution in [1.82, 2.24) is 0 Å². The van der Waals surface area contributed by atoms with Crippen molar-refractivity contribution in [1.29, 1.82) is 0 Å². The molecule has 1 amide bonds. The summed E-state index contributed by atoms with van der Waals surface area (Å²) in [5, 5.41) is 9.41. The van der Waals surface area contributed by atoms with Crippen molar-refractivity contribution in [2.45, 2.75) is 13.8 Å². The van der Waals surface area contributed by atoms with E-state index in [9.17, 15) is 19.5 Å². The monoisotopic (exact) mass is 377 g/mol. The lowest BCUT2D eigenvalue weighted by molar-refractivity contribution is -0.136. The van der Waals surface area contributed by atoms with Crippen molar-refractivity contribution in [3.63, 3.8) is 0 Å². The van der Waals surface area contributed by atoms with Crippen LogP contribution in [0.25, 0.3) is 6.08 Å². The number of carbonyl (C=O) groups is 3. The number of hydrogen-bond acceptors (Lipinski definition) is 4. The number of carboxylic acids is 1. The van der Waals surface area contributed by atoms with E-state index in [2.05, 4.69) is 0 Å². The van der Waals surface area contributed by atoms with Crippen molar-refractivity contribution in [3.8, 4) is 0 Å². The Morgan fingerprint density at radius 2 is 1.68 bits per heavy atom. The third-order valence-electron chi connectivity index (χ3n) is 4.57. The molecule has 6 heteroatoms. The Morgan fingerprint density at radius 1 is 1.04 bits per heavy atom. The van der Waals surface area contributed by atoms with Gasteiger partial charge in [0.1, 0.15) is 0 Å². The van der Waals surface area contributed by atoms with E-state index in [4.69, 9.17) is 4.74 Å². The summed E-state index contributed by atoms with van der Waals surface area (Å²) in [6.45, 7) is 3.60. The Balaban J connectivity index is 2.18. The van der Waals surface area contributed by atoms with Gasteiger partial charge in [-0.25, -0.2) is 9.59 Å². The fourth-order valence-corrected chi connectivity index (χ4v) is 3.16. The molecule has 0 spiro atoms. The van der Waals surface area contributed by atoms with Gasteiger partial charge in [-0.3, -0.25) is 9.69 Å². The van der Waals surface area contributed by atoms with Crippen LogP contribution in [0, 0.1) is 6.92 Å². The van der Waals surface area contributed by atoms with Crippen LogP contribution in [0.5, 0.6) is 0 Å². The highest BCUT2D eigenvalue weighted by molar-refractivity contribution is 6.24. The third-order valence-corrected chi connectivity index (χ3v) is 4.57. The van der Waals surface area contributed by atoms with Gasteiger partial charge in [0, 0.05) is 11.4 Å². The molecular weight excluding hydrogens is 358 g/mol. The second kappa shape index (κ2) is 7.52. The first-order valence-electron chi connectivity index (χ1n) is 8.60. The van der Waals surface area contributed by atoms with Crippen LogP contribution in [0.15, 0.2) is 65.4 Å². The largest absolute Gasteiger partial charge is 0.478 e. The zero-order chi connectivity index (χ0) is 20.4. The minimum Gasteiger partial charge on any atom is -0.478 e. The number of nitrogens with zero attached hydrogens (tertiary/aromatic N) is 1. The number of aryl methyl sites for hydroxylation is 1. The van der Waals surface area contributed by atoms with Crippen LogP contribution < -0.4 is 4.90 Å². The number of carbonyl (C=O) groups excluding carboxylic acids is 2. The molecule has 1 aliphatic rings. The molecule has 1 heterocycles. The average molecular weight is 377 g/mol. The van der Waals surface area contributed by atoms with Crippen molar-refractivity contribution in [2.75, 3.05) is 12.0 Å². The van der Waals surface area contributed by atoms with Gasteiger partial charge in [0.25, 0.3) is 5.91 Å². The lowest BCUT2D eigenvalue weighted by Gasteiger charge is -2.18. The number of ether oxygens (including phenoxy) is 1. The molecule has 3 rings (SSSR count). The maximum atomic E-state index is 13.2. The molecule has 2 aromatic carbocycles. The van der Waals surface area contributed by atoms with Gasteiger partial charge in [0.2, 0.25) is 0 Å². The maximum Gasteiger partial charge on any atom is 0.340 e. The van der Waals surface area contributed by atoms with Gasteiger partial charge in [-0.1, -0.05) is 35.9 Å². The molecule has 28 heavy (non-hydrogen) atoms. The van der Waals surface area contributed by atoms with Crippen LogP contribution in [0.4, 0.5) is 5.69 Å². The lowest BCUT2D eigenvalue weighted by atomic mass is 10.0. The lowest BCUT2D eigenvalue weighted by Crippen LogP contribution is -2.24. The summed E-state index contributed by atoms with van der Waals surface area (Å²) in [5.41, 5.74) is 2.67. The number of rotatable bonds is 4. The standard InChI is InChI=1S/C22H19NO5/c1-13-8-10-16(11-9-13)23-14(2)19(22(27)28-3)18(20(23)24)12-15-6-4-5-7-17(15)21(25)26/h4-12H,1-3H3,(H,25,26)/b18-12-. The molecule has 0 radical (unpaired) electrons. The molecule has 6 nitrogen and oxygen atoms in total. The van der Waals surface area contributed by atoms with Gasteiger partial charge >= 0.3 is 11.9 Å². The van der Waals surface area contributed by atoms with Crippen LogP contribution in [0.2, 0.25) is 0 Å². The number of carboxylic acid groups (broad SMARTS) is 1. The zero-order valence-electron chi connectivity index (χ0n) is 15.7. The normalized spacial score (nSPS) is 15.3. The number of esters is 1. The fourth-order valence-electron chi connectivity index (χ4n) is 3.16. The van der Waals surface area contributed by atoms with E-state index in [-0.39, 0.29) is 16.7 Å². The van der Waals surface area contributed by atoms with E-state index < -0.39 is 17.8 Å². The Morgan fingerprint density at radius 3 is 2.29 bits per heavy atom. The SMILES string of the molecule is COC(=O)C1=C(C)N(c2ccc(C)cc2)C(=O)/C1=C\c1ccccc1C(=O)O. The number of methoxy groups -OCH3 is 1. The van der Waals surface area contributed by atoms with Gasteiger partial charge in [-0.15, -0.1) is 0 Å². The molecule has 0 bridgehead atoms. The van der Waals surface area contributed by atoms with Crippen LogP contribution in [-0.4, -0.2) is 30.1 Å². The molecule has 1 aliphatic heterocycles. The van der Waals surface area contributed by atoms with Crippen LogP contribution in [-0.2, 0) is 14.3 Å². The molecule has 0 saturated heterocycles. The maximum absolute atomic E-state index is 13.2. The summed E-state index contributed by atoms with van der Waals surface area (Å²) in [5.74, 6) is -2.19. The third kappa shape index (κ3) is 3.32. The second-order valence-corrected chi connectivity index (χ2v) is 6.38. The second-order valence-electron chi connectivity index (χ2n) is 6.38. The van der Waals surface area contributed by atoms with Crippen LogP contribution in [0.1, 0.15) is 28.4 Å². The first-order chi connectivity index (χ1) is 13.3. The Kier molecular flexibility index (Phi) is 5.13. The molecular formula is C22H19NO5. The number of hydrogen-bond donors (Lipinski definition) is 1. The highest BCUT2D eigenvalue weighted by atomic mass is 16.5. The molecule has 1 N–H and O–H groups in total. The Labute approximate surface area is 162 Å². The molecule has 2 aromatic rings. The molecule has 0 fully saturated rings. The molecule has 0 aliphatic carbocycles. The van der Waals surface area contributed by atoms with Crippen molar-refractivity contribution in [3.05, 3.63) is 82.1 Å². The number of aromatic carboxylic acids is 1. The highest BCUT2D eigenvalue weighted by Gasteiger charge is 2.38. The smallest absolute Gasteiger partial charge is 0.340 e. The minimum absolute atomic E-state index is 0.0402. The van der Waals surface area contributed by atoms with E-state index >= 15 is 0 Å². The van der Waals surface area contributed by atoms with E-state index in [1.54, 1.807) is 37.3 Å². The average Bonchev–Trinajstić information content (AvgIpc) is 2.92. The van der Waals surface area contributed by atoms with Crippen molar-refractivity contribution in [2.24, 2.45) is 0 Å². The van der Waals surface area contributed by atoms with E-state index in [0.717, 1.165) is 5.56 Å². The van der Waals surface area contributed by atoms with Crippen LogP contribution >= 0.6 is 0 Å². The van der Waals surface area contributed by atoms with Gasteiger partial charge in [-0.05, 0) is 43.7 Å². The molecule has 0 atom stereocenters. The Bertz CT molecular complexity index is 1030. The van der Waals surface area contributed by atoms with Gasteiger partial charge in [0.05, 0.1) is 23.8 Å². The predicted molar refractivity (Wildman–Crippen MR) is 105 cm³/mol. The summed E-state index contributed by atoms with van der Waals surface area (Å²) in [6, 6.07) is 13.6. The van der Waals surface area contributed by atoms with Gasteiger partial charge in [-0.2, -0.15) is 0 Å². The summed E-state index contributed by atoms with van der Waals surface area (Å²) in [4.78, 5) is 38.5. The molecule has 142 valence electrons. The fraction of sp³-hybridized carbons (Fsp3) is 0.136. The Hall–Kier alpha value is -3.67. The first kappa shape index (κ1) is 19.1. The summed E-state index contributed by atoms with van der Waals surface area (Å²) in [7, 11) is 1.24. The molecule has 0 saturated carbocycles. The summed E-state index contributed by atoms with van der Waals surface area (Å²) in [6.07, 6.45) is 1.43. The van der Waals surface area contributed by atoms with Gasteiger partial charge in [0.15, 0.2) is 0 Å². The quantitative estimate of drug-likeness (QED) is 0.650. The minimum atomic E-state index is -1.12. The number of anilines is 1. The summed E-state index contributed by atoms with van der Waals surface area (Å²) >= 11 is 0. The summed E-state index contributed by atoms with van der Waals surface area (Å²) < 4.78 is 4.87.